The standard InChI is InChI=1S/C21H27N3O4/c1-16-4-3-5-21(17(16)2)23-12-10-22(11-13-23)14-19(25)15-28-20-8-6-18(7-9-20)24(26)27/h3-9,19,25H,10-15H2,1-2H3. The molecule has 1 aliphatic rings. The molecule has 0 bridgehead atoms. The molecule has 0 spiro atoms. The van der Waals surface area contributed by atoms with Crippen LogP contribution in [-0.2, 0) is 0 Å². The molecule has 1 atom stereocenters. The first-order valence-electron chi connectivity index (χ1n) is 9.53. The summed E-state index contributed by atoms with van der Waals surface area (Å²) in [5, 5.41) is 20.9. The average molecular weight is 385 g/mol. The van der Waals surface area contributed by atoms with Crippen molar-refractivity contribution in [3.05, 3.63) is 63.7 Å². The molecular weight excluding hydrogens is 358 g/mol. The van der Waals surface area contributed by atoms with E-state index in [1.165, 1.54) is 28.9 Å². The monoisotopic (exact) mass is 385 g/mol. The Kier molecular flexibility index (Phi) is 6.49. The number of rotatable bonds is 7. The third-order valence-corrected chi connectivity index (χ3v) is 5.25. The summed E-state index contributed by atoms with van der Waals surface area (Å²) in [7, 11) is 0. The van der Waals surface area contributed by atoms with Crippen LogP contribution in [0.25, 0.3) is 0 Å². The number of anilines is 1. The van der Waals surface area contributed by atoms with Gasteiger partial charge in [0.15, 0.2) is 0 Å². The number of hydrogen-bond donors (Lipinski definition) is 1. The highest BCUT2D eigenvalue weighted by molar-refractivity contribution is 5.56. The van der Waals surface area contributed by atoms with Crippen molar-refractivity contribution in [1.82, 2.24) is 4.90 Å². The molecule has 7 heteroatoms. The quantitative estimate of drug-likeness (QED) is 0.583. The van der Waals surface area contributed by atoms with Crippen molar-refractivity contribution in [3.8, 4) is 5.75 Å². The van der Waals surface area contributed by atoms with Crippen LogP contribution in [0.3, 0.4) is 0 Å². The fourth-order valence-corrected chi connectivity index (χ4v) is 3.46. The molecule has 0 aliphatic carbocycles. The van der Waals surface area contributed by atoms with Crippen LogP contribution in [0.5, 0.6) is 5.75 Å². The third kappa shape index (κ3) is 4.99. The SMILES string of the molecule is Cc1cccc(N2CCN(CC(O)COc3ccc([N+](=O)[O-])cc3)CC2)c1C. The Morgan fingerprint density at radius 2 is 1.79 bits per heavy atom. The summed E-state index contributed by atoms with van der Waals surface area (Å²) < 4.78 is 5.55. The minimum absolute atomic E-state index is 0.0228. The van der Waals surface area contributed by atoms with E-state index in [2.05, 4.69) is 41.8 Å². The van der Waals surface area contributed by atoms with Crippen molar-refractivity contribution in [3.63, 3.8) is 0 Å². The summed E-state index contributed by atoms with van der Waals surface area (Å²) in [5.41, 5.74) is 3.95. The van der Waals surface area contributed by atoms with Crippen LogP contribution in [0, 0.1) is 24.0 Å². The molecule has 2 aromatic rings. The molecule has 1 N–H and O–H groups in total. The molecule has 3 rings (SSSR count). The first kappa shape index (κ1) is 20.1. The number of non-ortho nitro benzene ring substituents is 1. The maximum Gasteiger partial charge on any atom is 0.269 e. The fourth-order valence-electron chi connectivity index (χ4n) is 3.46. The van der Waals surface area contributed by atoms with E-state index in [1.54, 1.807) is 12.1 Å². The van der Waals surface area contributed by atoms with E-state index in [9.17, 15) is 15.2 Å². The molecular formula is C21H27N3O4. The summed E-state index contributed by atoms with van der Waals surface area (Å²) in [6.45, 7) is 8.65. The van der Waals surface area contributed by atoms with Crippen molar-refractivity contribution in [2.45, 2.75) is 20.0 Å². The van der Waals surface area contributed by atoms with Gasteiger partial charge in [0.1, 0.15) is 18.5 Å². The molecule has 1 fully saturated rings. The number of nitrogens with zero attached hydrogens (tertiary/aromatic N) is 3. The van der Waals surface area contributed by atoms with Gasteiger partial charge in [-0.15, -0.1) is 0 Å². The van der Waals surface area contributed by atoms with Gasteiger partial charge in [0.25, 0.3) is 5.69 Å². The van der Waals surface area contributed by atoms with E-state index in [-0.39, 0.29) is 12.3 Å². The van der Waals surface area contributed by atoms with Gasteiger partial charge >= 0.3 is 0 Å². The molecule has 0 aromatic heterocycles. The first-order valence-corrected chi connectivity index (χ1v) is 9.53. The van der Waals surface area contributed by atoms with E-state index in [0.29, 0.717) is 12.3 Å². The predicted octanol–water partition coefficient (Wildman–Crippen LogP) is 2.77. The smallest absolute Gasteiger partial charge is 0.269 e. The van der Waals surface area contributed by atoms with E-state index >= 15 is 0 Å². The summed E-state index contributed by atoms with van der Waals surface area (Å²) in [4.78, 5) is 14.9. The minimum atomic E-state index is -0.609. The highest BCUT2D eigenvalue weighted by Crippen LogP contribution is 2.24. The highest BCUT2D eigenvalue weighted by Gasteiger charge is 2.21. The second-order valence-electron chi connectivity index (χ2n) is 7.22. The van der Waals surface area contributed by atoms with Gasteiger partial charge in [-0.05, 0) is 43.2 Å². The zero-order valence-electron chi connectivity index (χ0n) is 16.4. The summed E-state index contributed by atoms with van der Waals surface area (Å²) >= 11 is 0. The number of nitro groups is 1. The highest BCUT2D eigenvalue weighted by atomic mass is 16.6. The number of β-amino-alcohol motifs (C(OH)–C–C–N with tert-alkyl or cyclic N) is 1. The molecule has 1 heterocycles. The van der Waals surface area contributed by atoms with Gasteiger partial charge in [-0.3, -0.25) is 15.0 Å². The summed E-state index contributed by atoms with van der Waals surface area (Å²) in [6, 6.07) is 12.3. The van der Waals surface area contributed by atoms with E-state index in [1.807, 2.05) is 0 Å². The number of nitro benzene ring substituents is 1. The van der Waals surface area contributed by atoms with Gasteiger partial charge in [0.2, 0.25) is 0 Å². The fraction of sp³-hybridized carbons (Fsp3) is 0.429. The van der Waals surface area contributed by atoms with Crippen molar-refractivity contribution < 1.29 is 14.8 Å². The number of aryl methyl sites for hydroxylation is 1. The van der Waals surface area contributed by atoms with Gasteiger partial charge in [0, 0.05) is 50.5 Å². The third-order valence-electron chi connectivity index (χ3n) is 5.25. The molecule has 28 heavy (non-hydrogen) atoms. The number of aliphatic hydroxyl groups is 1. The number of benzene rings is 2. The van der Waals surface area contributed by atoms with E-state index in [0.717, 1.165) is 26.2 Å². The van der Waals surface area contributed by atoms with Crippen LogP contribution in [0.4, 0.5) is 11.4 Å². The maximum absolute atomic E-state index is 10.7. The largest absolute Gasteiger partial charge is 0.491 e. The molecule has 150 valence electrons. The van der Waals surface area contributed by atoms with E-state index in [4.69, 9.17) is 4.74 Å². The molecule has 2 aromatic carbocycles. The number of hydrogen-bond acceptors (Lipinski definition) is 6. The average Bonchev–Trinajstić information content (AvgIpc) is 2.69. The van der Waals surface area contributed by atoms with Crippen molar-refractivity contribution in [2.75, 3.05) is 44.2 Å². The zero-order valence-corrected chi connectivity index (χ0v) is 16.4. The lowest BCUT2D eigenvalue weighted by Crippen LogP contribution is -2.49. The van der Waals surface area contributed by atoms with Gasteiger partial charge in [-0.1, -0.05) is 12.1 Å². The second-order valence-corrected chi connectivity index (χ2v) is 7.22. The Bertz CT molecular complexity index is 802. The summed E-state index contributed by atoms with van der Waals surface area (Å²) in [5.74, 6) is 0.518. The number of aliphatic hydroxyl groups excluding tert-OH is 1. The zero-order chi connectivity index (χ0) is 20.1. The van der Waals surface area contributed by atoms with Crippen LogP contribution in [0.2, 0.25) is 0 Å². The Morgan fingerprint density at radius 1 is 1.11 bits per heavy atom. The molecule has 0 radical (unpaired) electrons. The minimum Gasteiger partial charge on any atom is -0.491 e. The van der Waals surface area contributed by atoms with Crippen LogP contribution in [0.1, 0.15) is 11.1 Å². The molecule has 0 amide bonds. The number of ether oxygens (including phenoxy) is 1. The topological polar surface area (TPSA) is 79.1 Å². The van der Waals surface area contributed by atoms with Crippen molar-refractivity contribution in [1.29, 1.82) is 0 Å². The Balaban J connectivity index is 1.44. The molecule has 0 saturated carbocycles. The molecule has 1 saturated heterocycles. The van der Waals surface area contributed by atoms with Crippen LogP contribution in [-0.4, -0.2) is 60.4 Å². The Morgan fingerprint density at radius 3 is 2.43 bits per heavy atom. The van der Waals surface area contributed by atoms with Gasteiger partial charge in [-0.2, -0.15) is 0 Å². The summed E-state index contributed by atoms with van der Waals surface area (Å²) in [6.07, 6.45) is -0.609. The van der Waals surface area contributed by atoms with Crippen LogP contribution < -0.4 is 9.64 Å². The maximum atomic E-state index is 10.7. The molecule has 1 unspecified atom stereocenters. The Hall–Kier alpha value is -2.64. The van der Waals surface area contributed by atoms with Gasteiger partial charge in [0.05, 0.1) is 4.92 Å². The van der Waals surface area contributed by atoms with Crippen LogP contribution in [0.15, 0.2) is 42.5 Å². The van der Waals surface area contributed by atoms with Gasteiger partial charge in [-0.25, -0.2) is 0 Å². The lowest BCUT2D eigenvalue weighted by Gasteiger charge is -2.37. The number of piperazine rings is 1. The lowest BCUT2D eigenvalue weighted by molar-refractivity contribution is -0.384. The van der Waals surface area contributed by atoms with Crippen molar-refractivity contribution in [2.24, 2.45) is 0 Å². The first-order chi connectivity index (χ1) is 13.4. The van der Waals surface area contributed by atoms with E-state index < -0.39 is 11.0 Å². The predicted molar refractivity (Wildman–Crippen MR) is 109 cm³/mol. The molecule has 7 nitrogen and oxygen atoms in total. The van der Waals surface area contributed by atoms with Crippen LogP contribution >= 0.6 is 0 Å². The van der Waals surface area contributed by atoms with Gasteiger partial charge < -0.3 is 14.7 Å². The molecule has 1 aliphatic heterocycles. The Labute approximate surface area is 165 Å². The second kappa shape index (κ2) is 9.03. The van der Waals surface area contributed by atoms with Crippen molar-refractivity contribution >= 4 is 11.4 Å². The lowest BCUT2D eigenvalue weighted by atomic mass is 10.1. The normalized spacial score (nSPS) is 16.0.